The van der Waals surface area contributed by atoms with Gasteiger partial charge in [0.2, 0.25) is 5.91 Å². The lowest BCUT2D eigenvalue weighted by molar-refractivity contribution is -0.118. The maximum absolute atomic E-state index is 12.7. The highest BCUT2D eigenvalue weighted by Gasteiger charge is 2.34. The molecule has 2 N–H and O–H groups in total. The third-order valence-electron chi connectivity index (χ3n) is 7.64. The second kappa shape index (κ2) is 10.6. The number of carbonyl (C=O) groups excluding carboxylic acids is 2. The summed E-state index contributed by atoms with van der Waals surface area (Å²) in [4.78, 5) is 29.9. The van der Waals surface area contributed by atoms with Gasteiger partial charge in [-0.25, -0.2) is 0 Å². The third-order valence-corrected chi connectivity index (χ3v) is 7.64. The Balaban J connectivity index is 1.05. The molecule has 1 atom stereocenters. The summed E-state index contributed by atoms with van der Waals surface area (Å²) in [7, 11) is 0. The quantitative estimate of drug-likeness (QED) is 0.612. The number of piperidine rings is 2. The van der Waals surface area contributed by atoms with Crippen molar-refractivity contribution in [2.24, 2.45) is 5.92 Å². The van der Waals surface area contributed by atoms with Crippen LogP contribution in [0, 0.1) is 5.92 Å². The van der Waals surface area contributed by atoms with Crippen molar-refractivity contribution in [3.05, 3.63) is 59.7 Å². The molecule has 2 fully saturated rings. The molecular weight excluding hydrogens is 424 g/mol. The van der Waals surface area contributed by atoms with Gasteiger partial charge in [-0.05, 0) is 94.3 Å². The van der Waals surface area contributed by atoms with Crippen molar-refractivity contribution in [1.82, 2.24) is 10.2 Å². The van der Waals surface area contributed by atoms with E-state index in [1.807, 2.05) is 18.2 Å². The van der Waals surface area contributed by atoms with Crippen molar-refractivity contribution in [3.63, 3.8) is 0 Å². The van der Waals surface area contributed by atoms with Gasteiger partial charge in [0.15, 0.2) is 0 Å². The highest BCUT2D eigenvalue weighted by molar-refractivity contribution is 6.05. The zero-order valence-electron chi connectivity index (χ0n) is 20.0. The first-order valence-corrected chi connectivity index (χ1v) is 12.9. The van der Waals surface area contributed by atoms with Crippen molar-refractivity contribution in [2.75, 3.05) is 42.9 Å². The molecule has 180 valence electrons. The SMILES string of the molecule is O=C(NCCCN1CCC(Cc2ccccc2)CC1)c1ccc2c(c1)NC(=O)[C@H]1CCCCN21. The van der Waals surface area contributed by atoms with E-state index in [9.17, 15) is 9.59 Å². The van der Waals surface area contributed by atoms with Crippen LogP contribution < -0.4 is 15.5 Å². The first-order valence-electron chi connectivity index (χ1n) is 12.9. The number of likely N-dealkylation sites (tertiary alicyclic amines) is 1. The zero-order chi connectivity index (χ0) is 23.3. The van der Waals surface area contributed by atoms with Gasteiger partial charge in [-0.3, -0.25) is 9.59 Å². The molecule has 2 aromatic carbocycles. The molecule has 0 spiro atoms. The number of nitrogens with zero attached hydrogens (tertiary/aromatic N) is 2. The number of anilines is 2. The first-order chi connectivity index (χ1) is 16.7. The van der Waals surface area contributed by atoms with Crippen LogP contribution in [0.1, 0.15) is 54.4 Å². The second-order valence-corrected chi connectivity index (χ2v) is 10.0. The molecule has 0 radical (unpaired) electrons. The van der Waals surface area contributed by atoms with E-state index in [4.69, 9.17) is 0 Å². The first kappa shape index (κ1) is 22.9. The Morgan fingerprint density at radius 2 is 1.82 bits per heavy atom. The third kappa shape index (κ3) is 5.27. The molecule has 0 aromatic heterocycles. The molecule has 0 aliphatic carbocycles. The number of amides is 2. The van der Waals surface area contributed by atoms with E-state index in [0.717, 1.165) is 69.2 Å². The molecule has 3 heterocycles. The lowest BCUT2D eigenvalue weighted by Gasteiger charge is -2.41. The Bertz CT molecular complexity index is 1000. The molecule has 0 saturated carbocycles. The summed E-state index contributed by atoms with van der Waals surface area (Å²) in [6.07, 6.45) is 7.74. The van der Waals surface area contributed by atoms with E-state index >= 15 is 0 Å². The fourth-order valence-electron chi connectivity index (χ4n) is 5.70. The van der Waals surface area contributed by atoms with Gasteiger partial charge in [-0.15, -0.1) is 0 Å². The summed E-state index contributed by atoms with van der Waals surface area (Å²) in [5.41, 5.74) is 3.85. The average Bonchev–Trinajstić information content (AvgIpc) is 2.88. The number of fused-ring (bicyclic) bond motifs is 3. The summed E-state index contributed by atoms with van der Waals surface area (Å²) in [6, 6.07) is 16.4. The topological polar surface area (TPSA) is 64.7 Å². The molecule has 2 saturated heterocycles. The second-order valence-electron chi connectivity index (χ2n) is 10.0. The predicted octanol–water partition coefficient (Wildman–Crippen LogP) is 4.07. The minimum atomic E-state index is -0.0700. The van der Waals surface area contributed by atoms with Crippen molar-refractivity contribution in [1.29, 1.82) is 0 Å². The number of nitrogens with one attached hydrogen (secondary N) is 2. The van der Waals surface area contributed by atoms with Crippen molar-refractivity contribution in [3.8, 4) is 0 Å². The Morgan fingerprint density at radius 3 is 2.65 bits per heavy atom. The van der Waals surface area contributed by atoms with Gasteiger partial charge in [0, 0.05) is 18.7 Å². The fourth-order valence-corrected chi connectivity index (χ4v) is 5.70. The Kier molecular flexibility index (Phi) is 7.14. The number of rotatable bonds is 7. The van der Waals surface area contributed by atoms with Crippen LogP contribution in [0.15, 0.2) is 48.5 Å². The zero-order valence-corrected chi connectivity index (χ0v) is 20.0. The molecule has 3 aliphatic rings. The van der Waals surface area contributed by atoms with Crippen LogP contribution in [0.2, 0.25) is 0 Å². The summed E-state index contributed by atoms with van der Waals surface area (Å²) < 4.78 is 0. The van der Waals surface area contributed by atoms with Gasteiger partial charge in [0.1, 0.15) is 6.04 Å². The van der Waals surface area contributed by atoms with E-state index in [-0.39, 0.29) is 17.9 Å². The van der Waals surface area contributed by atoms with Crippen LogP contribution in [-0.2, 0) is 11.2 Å². The van der Waals surface area contributed by atoms with E-state index in [1.54, 1.807) is 0 Å². The van der Waals surface area contributed by atoms with E-state index in [2.05, 4.69) is 50.8 Å². The molecule has 6 heteroatoms. The summed E-state index contributed by atoms with van der Waals surface area (Å²) in [6.45, 7) is 4.89. The molecule has 6 nitrogen and oxygen atoms in total. The molecule has 34 heavy (non-hydrogen) atoms. The summed E-state index contributed by atoms with van der Waals surface area (Å²) >= 11 is 0. The Morgan fingerprint density at radius 1 is 1.00 bits per heavy atom. The lowest BCUT2D eigenvalue weighted by Crippen LogP contribution is -2.50. The minimum Gasteiger partial charge on any atom is -0.358 e. The van der Waals surface area contributed by atoms with Crippen LogP contribution in [-0.4, -0.2) is 55.5 Å². The monoisotopic (exact) mass is 460 g/mol. The van der Waals surface area contributed by atoms with E-state index in [0.29, 0.717) is 12.1 Å². The molecular formula is C28H36N4O2. The average molecular weight is 461 g/mol. The molecule has 0 bridgehead atoms. The standard InChI is InChI=1S/C28H36N4O2/c33-27(23-10-11-25-24(20-23)30-28(34)26-9-4-5-16-32(25)26)29-14-6-15-31-17-12-22(13-18-31)19-21-7-2-1-3-8-21/h1-3,7-8,10-11,20,22,26H,4-6,9,12-19H2,(H,29,33)(H,30,34)/t26-/m1/s1. The van der Waals surface area contributed by atoms with E-state index < -0.39 is 0 Å². The van der Waals surface area contributed by atoms with Gasteiger partial charge >= 0.3 is 0 Å². The fraction of sp³-hybridized carbons (Fsp3) is 0.500. The van der Waals surface area contributed by atoms with Crippen LogP contribution >= 0.6 is 0 Å². The van der Waals surface area contributed by atoms with Crippen LogP contribution in [0.4, 0.5) is 11.4 Å². The maximum atomic E-state index is 12.7. The summed E-state index contributed by atoms with van der Waals surface area (Å²) in [5, 5.41) is 6.08. The maximum Gasteiger partial charge on any atom is 0.251 e. The highest BCUT2D eigenvalue weighted by Crippen LogP contribution is 2.36. The molecule has 2 aromatic rings. The van der Waals surface area contributed by atoms with Crippen molar-refractivity contribution in [2.45, 2.75) is 51.0 Å². The van der Waals surface area contributed by atoms with Crippen molar-refractivity contribution >= 4 is 23.2 Å². The smallest absolute Gasteiger partial charge is 0.251 e. The number of benzene rings is 2. The Labute approximate surface area is 202 Å². The normalized spacial score (nSPS) is 20.9. The molecule has 5 rings (SSSR count). The number of carbonyl (C=O) groups is 2. The highest BCUT2D eigenvalue weighted by atomic mass is 16.2. The molecule has 0 unspecified atom stereocenters. The van der Waals surface area contributed by atoms with Crippen molar-refractivity contribution < 1.29 is 9.59 Å². The van der Waals surface area contributed by atoms with Gasteiger partial charge < -0.3 is 20.4 Å². The Hall–Kier alpha value is -2.86. The lowest BCUT2D eigenvalue weighted by atomic mass is 9.90. The van der Waals surface area contributed by atoms with Gasteiger partial charge in [-0.2, -0.15) is 0 Å². The van der Waals surface area contributed by atoms with Crippen LogP contribution in [0.25, 0.3) is 0 Å². The largest absolute Gasteiger partial charge is 0.358 e. The van der Waals surface area contributed by atoms with Crippen LogP contribution in [0.5, 0.6) is 0 Å². The van der Waals surface area contributed by atoms with Gasteiger partial charge in [-0.1, -0.05) is 30.3 Å². The molecule has 3 aliphatic heterocycles. The predicted molar refractivity (Wildman–Crippen MR) is 136 cm³/mol. The number of hydrogen-bond donors (Lipinski definition) is 2. The summed E-state index contributed by atoms with van der Waals surface area (Å²) in [5.74, 6) is 0.764. The van der Waals surface area contributed by atoms with Gasteiger partial charge in [0.05, 0.1) is 11.4 Å². The minimum absolute atomic E-state index is 0.0531. The van der Waals surface area contributed by atoms with Gasteiger partial charge in [0.25, 0.3) is 5.91 Å². The molecule has 2 amide bonds. The number of hydrogen-bond acceptors (Lipinski definition) is 4. The van der Waals surface area contributed by atoms with Crippen LogP contribution in [0.3, 0.4) is 0 Å². The van der Waals surface area contributed by atoms with E-state index in [1.165, 1.54) is 24.8 Å².